The largest absolute Gasteiger partial charge is 0.356 e. The van der Waals surface area contributed by atoms with Gasteiger partial charge in [0.1, 0.15) is 0 Å². The topological polar surface area (TPSA) is 68.0 Å². The van der Waals surface area contributed by atoms with E-state index >= 15 is 0 Å². The molecule has 0 unspecified atom stereocenters. The number of rotatable bonds is 8. The van der Waals surface area contributed by atoms with Gasteiger partial charge in [0.2, 0.25) is 5.91 Å². The predicted octanol–water partition coefficient (Wildman–Crippen LogP) is 1.49. The molecular weight excluding hydrogens is 234 g/mol. The van der Waals surface area contributed by atoms with E-state index in [4.69, 9.17) is 5.73 Å². The zero-order valence-corrected chi connectivity index (χ0v) is 11.2. The minimum absolute atomic E-state index is 0.0486. The molecule has 0 spiro atoms. The highest BCUT2D eigenvalue weighted by atomic mass is 32.1. The van der Waals surface area contributed by atoms with Crippen LogP contribution in [0.25, 0.3) is 0 Å². The summed E-state index contributed by atoms with van der Waals surface area (Å²) < 4.78 is 0. The Morgan fingerprint density at radius 2 is 2.29 bits per heavy atom. The normalized spacial score (nSPS) is 10.5. The summed E-state index contributed by atoms with van der Waals surface area (Å²) in [6.07, 6.45) is 4.76. The van der Waals surface area contributed by atoms with E-state index in [1.807, 2.05) is 12.3 Å². The van der Waals surface area contributed by atoms with Crippen LogP contribution >= 0.6 is 11.3 Å². The molecule has 0 aliphatic rings. The predicted molar refractivity (Wildman–Crippen MR) is 71.1 cm³/mol. The maximum absolute atomic E-state index is 11.4. The van der Waals surface area contributed by atoms with Gasteiger partial charge in [-0.2, -0.15) is 0 Å². The summed E-state index contributed by atoms with van der Waals surface area (Å²) in [4.78, 5) is 15.8. The third-order valence-electron chi connectivity index (χ3n) is 2.41. The van der Waals surface area contributed by atoms with Crippen molar-refractivity contribution in [2.45, 2.75) is 39.0 Å². The number of nitrogens with one attached hydrogen (secondary N) is 1. The number of amides is 1. The van der Waals surface area contributed by atoms with Crippen LogP contribution in [0.15, 0.2) is 5.38 Å². The molecule has 0 saturated heterocycles. The lowest BCUT2D eigenvalue weighted by atomic mass is 10.2. The molecule has 1 rings (SSSR count). The number of nitrogens with zero attached hydrogens (tertiary/aromatic N) is 1. The van der Waals surface area contributed by atoms with Gasteiger partial charge >= 0.3 is 0 Å². The number of likely N-dealkylation sites (N-methyl/N-ethyl adjacent to an activating group) is 1. The Hall–Kier alpha value is -0.940. The van der Waals surface area contributed by atoms with Crippen LogP contribution in [-0.2, 0) is 17.6 Å². The lowest BCUT2D eigenvalue weighted by molar-refractivity contribution is -0.120. The molecule has 0 bridgehead atoms. The van der Waals surface area contributed by atoms with E-state index in [0.717, 1.165) is 42.9 Å². The van der Waals surface area contributed by atoms with Gasteiger partial charge in [-0.1, -0.05) is 6.42 Å². The Morgan fingerprint density at radius 3 is 3.00 bits per heavy atom. The lowest BCUT2D eigenvalue weighted by Gasteiger charge is -1.98. The number of hydrogen-bond donors (Lipinski definition) is 2. The number of hydrogen-bond acceptors (Lipinski definition) is 4. The maximum atomic E-state index is 11.4. The zero-order chi connectivity index (χ0) is 12.5. The molecule has 0 fully saturated rings. The van der Waals surface area contributed by atoms with Gasteiger partial charge in [-0.05, 0) is 32.7 Å². The second kappa shape index (κ2) is 8.20. The van der Waals surface area contributed by atoms with Crippen LogP contribution in [0.5, 0.6) is 0 Å². The number of thiazole rings is 1. The van der Waals surface area contributed by atoms with Gasteiger partial charge in [-0.15, -0.1) is 11.3 Å². The molecule has 96 valence electrons. The van der Waals surface area contributed by atoms with Gasteiger partial charge in [0.15, 0.2) is 0 Å². The molecule has 0 aliphatic carbocycles. The molecule has 5 heteroatoms. The van der Waals surface area contributed by atoms with Crippen molar-refractivity contribution in [3.63, 3.8) is 0 Å². The summed E-state index contributed by atoms with van der Waals surface area (Å²) in [5.41, 5.74) is 6.32. The Kier molecular flexibility index (Phi) is 6.81. The summed E-state index contributed by atoms with van der Waals surface area (Å²) in [5, 5.41) is 5.88. The second-order valence-corrected chi connectivity index (χ2v) is 4.90. The number of unbranched alkanes of at least 4 members (excludes halogenated alkanes) is 2. The van der Waals surface area contributed by atoms with E-state index in [-0.39, 0.29) is 5.91 Å². The lowest BCUT2D eigenvalue weighted by Crippen LogP contribution is -2.24. The Bertz CT molecular complexity index is 338. The fourth-order valence-electron chi connectivity index (χ4n) is 1.57. The van der Waals surface area contributed by atoms with Crippen LogP contribution in [0.2, 0.25) is 0 Å². The quantitative estimate of drug-likeness (QED) is 0.692. The highest BCUT2D eigenvalue weighted by Gasteiger charge is 2.06. The summed E-state index contributed by atoms with van der Waals surface area (Å²) in [6, 6.07) is 0. The van der Waals surface area contributed by atoms with Crippen LogP contribution in [0.3, 0.4) is 0 Å². The number of carbonyl (C=O) groups is 1. The van der Waals surface area contributed by atoms with Crippen molar-refractivity contribution in [1.29, 1.82) is 0 Å². The summed E-state index contributed by atoms with van der Waals surface area (Å²) >= 11 is 1.65. The van der Waals surface area contributed by atoms with Crippen LogP contribution in [0.1, 0.15) is 36.9 Å². The van der Waals surface area contributed by atoms with E-state index in [9.17, 15) is 4.79 Å². The van der Waals surface area contributed by atoms with Crippen molar-refractivity contribution in [2.24, 2.45) is 5.73 Å². The van der Waals surface area contributed by atoms with E-state index in [0.29, 0.717) is 13.0 Å². The van der Waals surface area contributed by atoms with Crippen molar-refractivity contribution in [3.05, 3.63) is 16.1 Å². The third-order valence-corrected chi connectivity index (χ3v) is 3.37. The van der Waals surface area contributed by atoms with E-state index in [1.54, 1.807) is 11.3 Å². The average Bonchev–Trinajstić information content (AvgIpc) is 2.72. The van der Waals surface area contributed by atoms with Gasteiger partial charge in [0, 0.05) is 11.9 Å². The number of nitrogens with two attached hydrogens (primary N) is 1. The fraction of sp³-hybridized carbons (Fsp3) is 0.667. The Balaban J connectivity index is 2.29. The average molecular weight is 255 g/mol. The van der Waals surface area contributed by atoms with Gasteiger partial charge in [0.25, 0.3) is 0 Å². The van der Waals surface area contributed by atoms with Crippen molar-refractivity contribution >= 4 is 17.2 Å². The van der Waals surface area contributed by atoms with Crippen molar-refractivity contribution in [1.82, 2.24) is 10.3 Å². The molecule has 4 nitrogen and oxygen atoms in total. The van der Waals surface area contributed by atoms with Gasteiger partial charge in [0.05, 0.1) is 17.1 Å². The molecular formula is C12H21N3OS. The first kappa shape index (κ1) is 14.1. The highest BCUT2D eigenvalue weighted by Crippen LogP contribution is 2.13. The monoisotopic (exact) mass is 255 g/mol. The van der Waals surface area contributed by atoms with Gasteiger partial charge in [-0.25, -0.2) is 4.98 Å². The molecule has 1 amide bonds. The summed E-state index contributed by atoms with van der Waals surface area (Å²) in [5.74, 6) is 0.0486. The number of carbonyl (C=O) groups excluding carboxylic acids is 1. The molecule has 3 N–H and O–H groups in total. The molecule has 0 atom stereocenters. The first-order valence-corrected chi connectivity index (χ1v) is 7.04. The van der Waals surface area contributed by atoms with Crippen molar-refractivity contribution < 1.29 is 4.79 Å². The Labute approximate surface area is 107 Å². The molecule has 0 radical (unpaired) electrons. The molecule has 1 heterocycles. The highest BCUT2D eigenvalue weighted by molar-refractivity contribution is 7.09. The zero-order valence-electron chi connectivity index (χ0n) is 10.4. The van der Waals surface area contributed by atoms with Crippen LogP contribution in [-0.4, -0.2) is 24.0 Å². The fourth-order valence-corrected chi connectivity index (χ4v) is 2.41. The molecule has 1 aromatic heterocycles. The number of aromatic nitrogens is 1. The summed E-state index contributed by atoms with van der Waals surface area (Å²) in [6.45, 7) is 3.36. The SMILES string of the molecule is CCNC(=O)Cc1csc(CCCCCN)n1. The maximum Gasteiger partial charge on any atom is 0.226 e. The van der Waals surface area contributed by atoms with Crippen LogP contribution < -0.4 is 11.1 Å². The van der Waals surface area contributed by atoms with Crippen LogP contribution in [0.4, 0.5) is 0 Å². The second-order valence-electron chi connectivity index (χ2n) is 3.96. The molecule has 17 heavy (non-hydrogen) atoms. The van der Waals surface area contributed by atoms with Crippen LogP contribution in [0, 0.1) is 0 Å². The molecule has 0 aliphatic heterocycles. The minimum atomic E-state index is 0.0486. The smallest absolute Gasteiger partial charge is 0.226 e. The first-order chi connectivity index (χ1) is 8.26. The number of aryl methyl sites for hydroxylation is 1. The summed E-state index contributed by atoms with van der Waals surface area (Å²) in [7, 11) is 0. The van der Waals surface area contributed by atoms with Gasteiger partial charge in [-0.3, -0.25) is 4.79 Å². The minimum Gasteiger partial charge on any atom is -0.356 e. The molecule has 0 aromatic carbocycles. The van der Waals surface area contributed by atoms with E-state index in [2.05, 4.69) is 10.3 Å². The molecule has 1 aromatic rings. The first-order valence-electron chi connectivity index (χ1n) is 6.16. The van der Waals surface area contributed by atoms with E-state index < -0.39 is 0 Å². The van der Waals surface area contributed by atoms with Crippen molar-refractivity contribution in [3.8, 4) is 0 Å². The standard InChI is InChI=1S/C12H21N3OS/c1-2-14-11(16)8-10-9-17-12(15-10)6-4-3-5-7-13/h9H,2-8,13H2,1H3,(H,14,16). The van der Waals surface area contributed by atoms with Crippen molar-refractivity contribution in [2.75, 3.05) is 13.1 Å². The Morgan fingerprint density at radius 1 is 1.47 bits per heavy atom. The van der Waals surface area contributed by atoms with E-state index in [1.165, 1.54) is 0 Å². The third kappa shape index (κ3) is 5.79. The van der Waals surface area contributed by atoms with Gasteiger partial charge < -0.3 is 11.1 Å². The molecule has 0 saturated carbocycles.